The zero-order valence-electron chi connectivity index (χ0n) is 10.4. The van der Waals surface area contributed by atoms with Gasteiger partial charge in [0.15, 0.2) is 15.6 Å². The molecule has 0 amide bonds. The number of nitro benzene ring substituents is 1. The minimum absolute atomic E-state index is 0.101. The predicted molar refractivity (Wildman–Crippen MR) is 62.2 cm³/mol. The summed E-state index contributed by atoms with van der Waals surface area (Å²) in [5.41, 5.74) is -2.63. The highest BCUT2D eigenvalue weighted by molar-refractivity contribution is 7.92. The summed E-state index contributed by atoms with van der Waals surface area (Å²) in [6, 6.07) is 0.931. The minimum Gasteiger partial charge on any atom is -0.468 e. The topological polar surface area (TPSA) is 104 Å². The van der Waals surface area contributed by atoms with Crippen molar-refractivity contribution in [3.05, 3.63) is 33.9 Å². The Morgan fingerprint density at radius 1 is 1.38 bits per heavy atom. The van der Waals surface area contributed by atoms with Gasteiger partial charge in [-0.1, -0.05) is 0 Å². The minimum atomic E-state index is -4.87. The lowest BCUT2D eigenvalue weighted by atomic mass is 10.2. The number of halogens is 3. The maximum Gasteiger partial charge on any atom is 0.416 e. The molecule has 0 bridgehead atoms. The second-order valence-electron chi connectivity index (χ2n) is 3.77. The van der Waals surface area contributed by atoms with Gasteiger partial charge in [-0.3, -0.25) is 14.9 Å². The summed E-state index contributed by atoms with van der Waals surface area (Å²) in [6.45, 7) is 0. The van der Waals surface area contributed by atoms with Crippen LogP contribution in [0.15, 0.2) is 23.1 Å². The number of nitro groups is 1. The number of ether oxygens (including phenoxy) is 1. The third-order valence-electron chi connectivity index (χ3n) is 2.35. The van der Waals surface area contributed by atoms with Crippen LogP contribution in [0.2, 0.25) is 0 Å². The molecule has 11 heteroatoms. The fourth-order valence-electron chi connectivity index (χ4n) is 1.39. The Morgan fingerprint density at radius 2 is 1.95 bits per heavy atom. The number of benzene rings is 1. The van der Waals surface area contributed by atoms with Crippen molar-refractivity contribution in [3.8, 4) is 0 Å². The summed E-state index contributed by atoms with van der Waals surface area (Å²) in [5, 5.41) is 10.8. The van der Waals surface area contributed by atoms with E-state index in [-0.39, 0.29) is 6.07 Å². The number of hydrogen-bond donors (Lipinski definition) is 0. The van der Waals surface area contributed by atoms with E-state index in [0.717, 1.165) is 7.11 Å². The van der Waals surface area contributed by atoms with Crippen molar-refractivity contribution in [2.45, 2.75) is 11.1 Å². The van der Waals surface area contributed by atoms with Crippen LogP contribution in [-0.4, -0.2) is 32.2 Å². The van der Waals surface area contributed by atoms with E-state index in [9.17, 15) is 36.5 Å². The number of sulfone groups is 1. The third kappa shape index (κ3) is 3.90. The first-order chi connectivity index (χ1) is 9.49. The maximum atomic E-state index is 12.5. The summed E-state index contributed by atoms with van der Waals surface area (Å²) in [6.07, 6.45) is -4.87. The molecule has 0 radical (unpaired) electrons. The van der Waals surface area contributed by atoms with E-state index in [1.54, 1.807) is 0 Å². The van der Waals surface area contributed by atoms with Gasteiger partial charge in [-0.05, 0) is 12.1 Å². The standard InChI is InChI=1S/C10H8F3NO6S/c1-20-9(15)5-21(18,19)8-3-2-6(10(11,12)13)4-7(8)14(16)17/h2-4H,5H2,1H3. The second-order valence-corrected chi connectivity index (χ2v) is 5.73. The SMILES string of the molecule is COC(=O)CS(=O)(=O)c1ccc(C(F)(F)F)cc1[N+](=O)[O-]. The number of hydrogen-bond acceptors (Lipinski definition) is 6. The van der Waals surface area contributed by atoms with Crippen LogP contribution >= 0.6 is 0 Å². The van der Waals surface area contributed by atoms with E-state index in [1.165, 1.54) is 0 Å². The summed E-state index contributed by atoms with van der Waals surface area (Å²) < 4.78 is 65.2. The van der Waals surface area contributed by atoms with Crippen molar-refractivity contribution in [3.63, 3.8) is 0 Å². The first-order valence-corrected chi connectivity index (χ1v) is 6.79. The molecule has 0 fully saturated rings. The molecule has 0 heterocycles. The second kappa shape index (κ2) is 5.68. The molecule has 21 heavy (non-hydrogen) atoms. The van der Waals surface area contributed by atoms with Crippen molar-refractivity contribution in [2.75, 3.05) is 12.9 Å². The Balaban J connectivity index is 3.44. The van der Waals surface area contributed by atoms with Crippen LogP contribution < -0.4 is 0 Å². The molecule has 0 aliphatic rings. The highest BCUT2D eigenvalue weighted by atomic mass is 32.2. The van der Waals surface area contributed by atoms with E-state index < -0.39 is 48.8 Å². The Bertz CT molecular complexity index is 683. The van der Waals surface area contributed by atoms with Gasteiger partial charge in [0.1, 0.15) is 4.90 Å². The molecule has 0 aromatic heterocycles. The fraction of sp³-hybridized carbons (Fsp3) is 0.300. The largest absolute Gasteiger partial charge is 0.468 e. The van der Waals surface area contributed by atoms with Crippen LogP contribution in [0.25, 0.3) is 0 Å². The summed E-state index contributed by atoms with van der Waals surface area (Å²) in [5.74, 6) is -2.40. The van der Waals surface area contributed by atoms with Crippen molar-refractivity contribution < 1.29 is 36.0 Å². The number of carbonyl (C=O) groups excluding carboxylic acids is 1. The molecule has 0 aliphatic heterocycles. The van der Waals surface area contributed by atoms with Gasteiger partial charge >= 0.3 is 12.1 Å². The molecular weight excluding hydrogens is 319 g/mol. The molecular formula is C10H8F3NO6S. The Kier molecular flexibility index (Phi) is 4.56. The molecule has 0 saturated carbocycles. The quantitative estimate of drug-likeness (QED) is 0.472. The van der Waals surface area contributed by atoms with Gasteiger partial charge in [-0.2, -0.15) is 13.2 Å². The highest BCUT2D eigenvalue weighted by Crippen LogP contribution is 2.34. The first-order valence-electron chi connectivity index (χ1n) is 5.14. The summed E-state index contributed by atoms with van der Waals surface area (Å²) in [7, 11) is -3.59. The van der Waals surface area contributed by atoms with Gasteiger partial charge in [0.25, 0.3) is 5.69 Å². The zero-order valence-corrected chi connectivity index (χ0v) is 11.2. The van der Waals surface area contributed by atoms with Crippen LogP contribution in [0.3, 0.4) is 0 Å². The van der Waals surface area contributed by atoms with Crippen molar-refractivity contribution in [1.82, 2.24) is 0 Å². The van der Waals surface area contributed by atoms with Gasteiger partial charge < -0.3 is 4.74 Å². The molecule has 1 aromatic carbocycles. The number of nitrogens with zero attached hydrogens (tertiary/aromatic N) is 1. The van der Waals surface area contributed by atoms with Crippen LogP contribution in [0.5, 0.6) is 0 Å². The van der Waals surface area contributed by atoms with Crippen molar-refractivity contribution in [1.29, 1.82) is 0 Å². The summed E-state index contributed by atoms with van der Waals surface area (Å²) in [4.78, 5) is 19.5. The predicted octanol–water partition coefficient (Wildman–Crippen LogP) is 1.56. The fourth-order valence-corrected chi connectivity index (χ4v) is 2.70. The van der Waals surface area contributed by atoms with Crippen LogP contribution in [-0.2, 0) is 25.5 Å². The number of esters is 1. The molecule has 1 rings (SSSR count). The van der Waals surface area contributed by atoms with E-state index in [2.05, 4.69) is 4.74 Å². The molecule has 0 unspecified atom stereocenters. The molecule has 0 spiro atoms. The maximum absolute atomic E-state index is 12.5. The molecule has 0 saturated heterocycles. The average molecular weight is 327 g/mol. The van der Waals surface area contributed by atoms with Gasteiger partial charge in [0.05, 0.1) is 17.6 Å². The normalized spacial score (nSPS) is 12.0. The van der Waals surface area contributed by atoms with Crippen molar-refractivity contribution >= 4 is 21.5 Å². The number of rotatable bonds is 4. The molecule has 0 atom stereocenters. The van der Waals surface area contributed by atoms with E-state index >= 15 is 0 Å². The van der Waals surface area contributed by atoms with Crippen LogP contribution in [0.1, 0.15) is 5.56 Å². The van der Waals surface area contributed by atoms with E-state index in [0.29, 0.717) is 12.1 Å². The monoisotopic (exact) mass is 327 g/mol. The Hall–Kier alpha value is -2.17. The highest BCUT2D eigenvalue weighted by Gasteiger charge is 2.35. The molecule has 116 valence electrons. The number of carbonyl (C=O) groups is 1. The van der Waals surface area contributed by atoms with Crippen molar-refractivity contribution in [2.24, 2.45) is 0 Å². The van der Waals surface area contributed by atoms with E-state index in [4.69, 9.17) is 0 Å². The smallest absolute Gasteiger partial charge is 0.416 e. The molecule has 0 aliphatic carbocycles. The lowest BCUT2D eigenvalue weighted by Crippen LogP contribution is -2.19. The molecule has 7 nitrogen and oxygen atoms in total. The van der Waals surface area contributed by atoms with Gasteiger partial charge in [-0.25, -0.2) is 8.42 Å². The lowest BCUT2D eigenvalue weighted by Gasteiger charge is -2.09. The van der Waals surface area contributed by atoms with Gasteiger partial charge in [0, 0.05) is 6.07 Å². The summed E-state index contributed by atoms with van der Waals surface area (Å²) >= 11 is 0. The number of methoxy groups -OCH3 is 1. The van der Waals surface area contributed by atoms with Crippen LogP contribution in [0.4, 0.5) is 18.9 Å². The Labute approximate surface area is 116 Å². The first kappa shape index (κ1) is 16.9. The van der Waals surface area contributed by atoms with E-state index in [1.807, 2.05) is 0 Å². The van der Waals surface area contributed by atoms with Crippen LogP contribution in [0, 0.1) is 10.1 Å². The third-order valence-corrected chi connectivity index (χ3v) is 3.98. The average Bonchev–Trinajstić information content (AvgIpc) is 2.36. The zero-order chi connectivity index (χ0) is 16.4. The van der Waals surface area contributed by atoms with Gasteiger partial charge in [-0.15, -0.1) is 0 Å². The van der Waals surface area contributed by atoms with Gasteiger partial charge in [0.2, 0.25) is 0 Å². The Morgan fingerprint density at radius 3 is 2.38 bits per heavy atom. The molecule has 1 aromatic rings. The lowest BCUT2D eigenvalue weighted by molar-refractivity contribution is -0.388. The number of alkyl halides is 3. The molecule has 0 N–H and O–H groups in total.